The standard InChI is InChI=1S/C24H28N2O2.C2H6/c1-2-7-20(8-3-1)23(11-13-24(14-12-23)27-16-17-28-24)18-26-22-21-9-5-4-6-19(21)10-15-25-22;1-2/h1-3,5,7-10,15H,4,6,11-14,16-18H2,(H,25,26);1-2H3. The third-order valence-electron chi connectivity index (χ3n) is 6.71. The maximum atomic E-state index is 5.98. The van der Waals surface area contributed by atoms with Crippen molar-refractivity contribution in [2.45, 2.75) is 63.6 Å². The van der Waals surface area contributed by atoms with Gasteiger partial charge in [-0.05, 0) is 42.9 Å². The van der Waals surface area contributed by atoms with Crippen LogP contribution in [0.3, 0.4) is 0 Å². The number of hydrogen-bond donors (Lipinski definition) is 1. The van der Waals surface area contributed by atoms with Gasteiger partial charge >= 0.3 is 0 Å². The lowest BCUT2D eigenvalue weighted by atomic mass is 9.67. The Morgan fingerprint density at radius 3 is 2.43 bits per heavy atom. The molecule has 2 aromatic rings. The number of nitrogens with zero attached hydrogens (tertiary/aromatic N) is 1. The largest absolute Gasteiger partial charge is 0.369 e. The van der Waals surface area contributed by atoms with Crippen molar-refractivity contribution in [2.75, 3.05) is 25.1 Å². The highest BCUT2D eigenvalue weighted by atomic mass is 16.7. The van der Waals surface area contributed by atoms with E-state index in [1.165, 1.54) is 16.7 Å². The highest BCUT2D eigenvalue weighted by Gasteiger charge is 2.46. The molecule has 0 amide bonds. The van der Waals surface area contributed by atoms with Crippen LogP contribution in [0.15, 0.2) is 48.7 Å². The molecule has 1 saturated carbocycles. The molecule has 1 N–H and O–H groups in total. The summed E-state index contributed by atoms with van der Waals surface area (Å²) in [5, 5.41) is 3.72. The maximum absolute atomic E-state index is 5.98. The van der Waals surface area contributed by atoms with Crippen LogP contribution in [-0.2, 0) is 21.3 Å². The lowest BCUT2D eigenvalue weighted by molar-refractivity contribution is -0.184. The van der Waals surface area contributed by atoms with Gasteiger partial charge in [-0.15, -0.1) is 0 Å². The van der Waals surface area contributed by atoms with E-state index in [9.17, 15) is 0 Å². The molecule has 5 rings (SSSR count). The van der Waals surface area contributed by atoms with Crippen LogP contribution in [0, 0.1) is 0 Å². The first-order chi connectivity index (χ1) is 14.8. The number of nitrogens with one attached hydrogen (secondary N) is 1. The molecular formula is C26H34N2O2. The quantitative estimate of drug-likeness (QED) is 0.704. The summed E-state index contributed by atoms with van der Waals surface area (Å²) in [6.45, 7) is 6.33. The average Bonchev–Trinajstić information content (AvgIpc) is 3.29. The van der Waals surface area contributed by atoms with E-state index in [0.29, 0.717) is 0 Å². The number of benzene rings is 1. The van der Waals surface area contributed by atoms with Crippen LogP contribution in [0.1, 0.15) is 62.6 Å². The second-order valence-corrected chi connectivity index (χ2v) is 8.28. The van der Waals surface area contributed by atoms with Crippen LogP contribution in [0.25, 0.3) is 6.08 Å². The number of anilines is 1. The summed E-state index contributed by atoms with van der Waals surface area (Å²) in [6, 6.07) is 13.1. The Labute approximate surface area is 180 Å². The molecule has 30 heavy (non-hydrogen) atoms. The highest BCUT2D eigenvalue weighted by molar-refractivity contribution is 5.67. The molecule has 1 aromatic carbocycles. The minimum absolute atomic E-state index is 0.0740. The smallest absolute Gasteiger partial charge is 0.168 e. The molecule has 3 aliphatic rings. The van der Waals surface area contributed by atoms with Crippen LogP contribution in [0.4, 0.5) is 5.82 Å². The lowest BCUT2D eigenvalue weighted by Gasteiger charge is -2.44. The normalized spacial score (nSPS) is 20.9. The number of fused-ring (bicyclic) bond motifs is 1. The van der Waals surface area contributed by atoms with Crippen LogP contribution in [-0.4, -0.2) is 30.5 Å². The van der Waals surface area contributed by atoms with E-state index in [-0.39, 0.29) is 11.2 Å². The van der Waals surface area contributed by atoms with Crippen molar-refractivity contribution in [1.29, 1.82) is 0 Å². The SMILES string of the molecule is C1=Cc2c(ccnc2NCC2(c3ccccc3)CCC3(CC2)OCCO3)CC1.CC. The molecule has 0 unspecified atom stereocenters. The Hall–Kier alpha value is -2.17. The van der Waals surface area contributed by atoms with Gasteiger partial charge in [0.2, 0.25) is 0 Å². The van der Waals surface area contributed by atoms with E-state index >= 15 is 0 Å². The topological polar surface area (TPSA) is 43.4 Å². The van der Waals surface area contributed by atoms with E-state index < -0.39 is 0 Å². The van der Waals surface area contributed by atoms with Crippen molar-refractivity contribution in [3.8, 4) is 0 Å². The summed E-state index contributed by atoms with van der Waals surface area (Å²) in [7, 11) is 0. The minimum Gasteiger partial charge on any atom is -0.369 e. The molecule has 160 valence electrons. The average molecular weight is 407 g/mol. The molecule has 2 heterocycles. The van der Waals surface area contributed by atoms with Crippen molar-refractivity contribution >= 4 is 11.9 Å². The van der Waals surface area contributed by atoms with Crippen LogP contribution in [0.2, 0.25) is 0 Å². The van der Waals surface area contributed by atoms with Crippen molar-refractivity contribution < 1.29 is 9.47 Å². The fraction of sp³-hybridized carbons (Fsp3) is 0.500. The highest BCUT2D eigenvalue weighted by Crippen LogP contribution is 2.46. The number of ether oxygens (including phenoxy) is 2. The number of aryl methyl sites for hydroxylation is 1. The summed E-state index contributed by atoms with van der Waals surface area (Å²) in [5.74, 6) is 0.669. The first-order valence-electron chi connectivity index (χ1n) is 11.5. The van der Waals surface area contributed by atoms with E-state index in [0.717, 1.165) is 64.1 Å². The zero-order chi connectivity index (χ0) is 20.9. The molecule has 0 atom stereocenters. The Bertz CT molecular complexity index is 847. The van der Waals surface area contributed by atoms with Gasteiger partial charge in [-0.3, -0.25) is 0 Å². The van der Waals surface area contributed by atoms with Crippen LogP contribution >= 0.6 is 0 Å². The van der Waals surface area contributed by atoms with Crippen molar-refractivity contribution in [2.24, 2.45) is 0 Å². The van der Waals surface area contributed by atoms with Gasteiger partial charge in [-0.2, -0.15) is 0 Å². The summed E-state index contributed by atoms with van der Waals surface area (Å²) in [4.78, 5) is 4.66. The molecule has 0 radical (unpaired) electrons. The summed E-state index contributed by atoms with van der Waals surface area (Å²) in [5.41, 5.74) is 4.12. The first kappa shape index (κ1) is 21.1. The zero-order valence-electron chi connectivity index (χ0n) is 18.3. The Morgan fingerprint density at radius 1 is 0.967 bits per heavy atom. The number of rotatable bonds is 4. The van der Waals surface area contributed by atoms with Crippen LogP contribution in [0.5, 0.6) is 0 Å². The van der Waals surface area contributed by atoms with Crippen molar-refractivity contribution in [1.82, 2.24) is 4.98 Å². The number of aromatic nitrogens is 1. The van der Waals surface area contributed by atoms with Crippen molar-refractivity contribution in [3.05, 3.63) is 65.4 Å². The molecule has 1 aromatic heterocycles. The van der Waals surface area contributed by atoms with Gasteiger partial charge in [0.25, 0.3) is 0 Å². The summed E-state index contributed by atoms with van der Waals surface area (Å²) >= 11 is 0. The van der Waals surface area contributed by atoms with Gasteiger partial charge < -0.3 is 14.8 Å². The van der Waals surface area contributed by atoms with Gasteiger partial charge in [0.15, 0.2) is 5.79 Å². The Morgan fingerprint density at radius 2 is 1.70 bits per heavy atom. The number of hydrogen-bond acceptors (Lipinski definition) is 4. The third kappa shape index (κ3) is 4.17. The molecule has 4 heteroatoms. The minimum atomic E-state index is -0.342. The monoisotopic (exact) mass is 406 g/mol. The number of allylic oxidation sites excluding steroid dienone is 1. The molecule has 0 bridgehead atoms. The van der Waals surface area contributed by atoms with E-state index in [4.69, 9.17) is 9.47 Å². The summed E-state index contributed by atoms with van der Waals surface area (Å²) in [6.07, 6.45) is 12.6. The first-order valence-corrected chi connectivity index (χ1v) is 11.5. The van der Waals surface area contributed by atoms with Gasteiger partial charge in [0, 0.05) is 36.6 Å². The van der Waals surface area contributed by atoms with E-state index in [1.807, 2.05) is 20.0 Å². The van der Waals surface area contributed by atoms with Crippen molar-refractivity contribution in [3.63, 3.8) is 0 Å². The molecule has 1 aliphatic heterocycles. The van der Waals surface area contributed by atoms with Gasteiger partial charge in [0.1, 0.15) is 5.82 Å². The fourth-order valence-electron chi connectivity index (χ4n) is 5.01. The molecule has 2 fully saturated rings. The summed E-state index contributed by atoms with van der Waals surface area (Å²) < 4.78 is 12.0. The van der Waals surface area contributed by atoms with Crippen LogP contribution < -0.4 is 5.32 Å². The second-order valence-electron chi connectivity index (χ2n) is 8.28. The molecular weight excluding hydrogens is 372 g/mol. The Balaban J connectivity index is 0.00000106. The van der Waals surface area contributed by atoms with Gasteiger partial charge in [-0.25, -0.2) is 4.98 Å². The predicted molar refractivity (Wildman–Crippen MR) is 123 cm³/mol. The van der Waals surface area contributed by atoms with Gasteiger partial charge in [0.05, 0.1) is 13.2 Å². The van der Waals surface area contributed by atoms with Gasteiger partial charge in [-0.1, -0.05) is 56.3 Å². The Kier molecular flexibility index (Phi) is 6.55. The molecule has 4 nitrogen and oxygen atoms in total. The lowest BCUT2D eigenvalue weighted by Crippen LogP contribution is -2.45. The maximum Gasteiger partial charge on any atom is 0.168 e. The van der Waals surface area contributed by atoms with E-state index in [2.05, 4.69) is 58.9 Å². The third-order valence-corrected chi connectivity index (χ3v) is 6.71. The molecule has 2 aliphatic carbocycles. The van der Waals surface area contributed by atoms with E-state index in [1.54, 1.807) is 0 Å². The second kappa shape index (κ2) is 9.32. The molecule has 1 saturated heterocycles. The molecule has 1 spiro atoms. The number of pyridine rings is 1. The fourth-order valence-corrected chi connectivity index (χ4v) is 5.01. The predicted octanol–water partition coefficient (Wildman–Crippen LogP) is 5.73. The zero-order valence-corrected chi connectivity index (χ0v) is 18.3.